The monoisotopic (exact) mass is 300 g/mol. The fourth-order valence-corrected chi connectivity index (χ4v) is 2.04. The van der Waals surface area contributed by atoms with Gasteiger partial charge in [-0.25, -0.2) is 4.85 Å². The van der Waals surface area contributed by atoms with Crippen LogP contribution in [0.25, 0.3) is 4.85 Å². The van der Waals surface area contributed by atoms with E-state index >= 15 is 0 Å². The van der Waals surface area contributed by atoms with Crippen LogP contribution in [0.1, 0.15) is 32.0 Å². The van der Waals surface area contributed by atoms with Crippen molar-refractivity contribution in [3.63, 3.8) is 0 Å². The number of ether oxygens (including phenoxy) is 1. The van der Waals surface area contributed by atoms with Crippen molar-refractivity contribution in [3.05, 3.63) is 64.2 Å². The molecule has 108 valence electrons. The standard InChI is InChI=1S/C17H17ClN2O/c1-17(2,3)12-5-8-16(15(18)9-12)21-11-14-7-6-13(19-4)10-20-14/h5-10H,11H2,1-3H3. The third-order valence-corrected chi connectivity index (χ3v) is 3.41. The lowest BCUT2D eigenvalue weighted by Gasteiger charge is -2.20. The topological polar surface area (TPSA) is 26.5 Å². The highest BCUT2D eigenvalue weighted by Crippen LogP contribution is 2.31. The third kappa shape index (κ3) is 3.96. The Morgan fingerprint density at radius 1 is 1.24 bits per heavy atom. The van der Waals surface area contributed by atoms with E-state index in [2.05, 4.69) is 30.6 Å². The molecule has 0 bridgehead atoms. The fraction of sp³-hybridized carbons (Fsp3) is 0.294. The number of nitrogens with zero attached hydrogens (tertiary/aromatic N) is 2. The molecule has 0 radical (unpaired) electrons. The van der Waals surface area contributed by atoms with Gasteiger partial charge in [0.15, 0.2) is 0 Å². The number of pyridine rings is 1. The van der Waals surface area contributed by atoms with E-state index in [4.69, 9.17) is 22.9 Å². The van der Waals surface area contributed by atoms with Gasteiger partial charge in [-0.2, -0.15) is 0 Å². The van der Waals surface area contributed by atoms with Crippen molar-refractivity contribution in [3.8, 4) is 5.75 Å². The van der Waals surface area contributed by atoms with Gasteiger partial charge in [0, 0.05) is 6.20 Å². The van der Waals surface area contributed by atoms with E-state index in [1.54, 1.807) is 12.1 Å². The van der Waals surface area contributed by atoms with Crippen molar-refractivity contribution in [1.82, 2.24) is 4.98 Å². The molecular weight excluding hydrogens is 284 g/mol. The molecule has 0 unspecified atom stereocenters. The van der Waals surface area contributed by atoms with Gasteiger partial charge in [0.1, 0.15) is 12.4 Å². The highest BCUT2D eigenvalue weighted by Gasteiger charge is 2.15. The van der Waals surface area contributed by atoms with E-state index in [0.29, 0.717) is 23.1 Å². The van der Waals surface area contributed by atoms with Crippen molar-refractivity contribution in [2.24, 2.45) is 0 Å². The van der Waals surface area contributed by atoms with Crippen LogP contribution in [-0.2, 0) is 12.0 Å². The summed E-state index contributed by atoms with van der Waals surface area (Å²) in [6.45, 7) is 13.6. The smallest absolute Gasteiger partial charge is 0.205 e. The van der Waals surface area contributed by atoms with Crippen LogP contribution in [-0.4, -0.2) is 4.98 Å². The van der Waals surface area contributed by atoms with Crippen LogP contribution >= 0.6 is 11.6 Å². The first kappa shape index (κ1) is 15.3. The van der Waals surface area contributed by atoms with Crippen LogP contribution in [0.15, 0.2) is 36.5 Å². The van der Waals surface area contributed by atoms with Crippen molar-refractivity contribution in [2.45, 2.75) is 32.8 Å². The first-order valence-corrected chi connectivity index (χ1v) is 7.03. The first-order chi connectivity index (χ1) is 9.90. The minimum atomic E-state index is 0.0549. The molecule has 4 heteroatoms. The highest BCUT2D eigenvalue weighted by atomic mass is 35.5. The fourth-order valence-electron chi connectivity index (χ4n) is 1.80. The average molecular weight is 301 g/mol. The maximum absolute atomic E-state index is 6.89. The SMILES string of the molecule is [C-]#[N+]c1ccc(COc2ccc(C(C)(C)C)cc2Cl)nc1. The molecule has 0 fully saturated rings. The Morgan fingerprint density at radius 2 is 2.00 bits per heavy atom. The number of aromatic nitrogens is 1. The molecule has 2 rings (SSSR count). The summed E-state index contributed by atoms with van der Waals surface area (Å²) >= 11 is 6.26. The lowest BCUT2D eigenvalue weighted by molar-refractivity contribution is 0.301. The van der Waals surface area contributed by atoms with Crippen LogP contribution in [0.2, 0.25) is 5.02 Å². The molecule has 0 saturated carbocycles. The van der Waals surface area contributed by atoms with Gasteiger partial charge < -0.3 is 4.74 Å². The van der Waals surface area contributed by atoms with E-state index in [-0.39, 0.29) is 5.41 Å². The van der Waals surface area contributed by atoms with E-state index in [1.807, 2.05) is 18.2 Å². The summed E-state index contributed by atoms with van der Waals surface area (Å²) in [7, 11) is 0. The zero-order valence-corrected chi connectivity index (χ0v) is 13.1. The molecule has 0 spiro atoms. The van der Waals surface area contributed by atoms with Crippen molar-refractivity contribution in [1.29, 1.82) is 0 Å². The summed E-state index contributed by atoms with van der Waals surface area (Å²) in [6.07, 6.45) is 1.54. The highest BCUT2D eigenvalue weighted by molar-refractivity contribution is 6.32. The first-order valence-electron chi connectivity index (χ1n) is 6.65. The molecule has 1 aromatic carbocycles. The second kappa shape index (κ2) is 6.15. The Hall–Kier alpha value is -2.05. The zero-order valence-electron chi connectivity index (χ0n) is 12.4. The van der Waals surface area contributed by atoms with Gasteiger partial charge in [0.25, 0.3) is 0 Å². The molecule has 21 heavy (non-hydrogen) atoms. The molecule has 0 aliphatic rings. The average Bonchev–Trinajstić information content (AvgIpc) is 2.45. The summed E-state index contributed by atoms with van der Waals surface area (Å²) in [5.41, 5.74) is 2.50. The maximum atomic E-state index is 6.89. The molecule has 3 nitrogen and oxygen atoms in total. The molecular formula is C17H17ClN2O. The summed E-state index contributed by atoms with van der Waals surface area (Å²) in [4.78, 5) is 7.47. The molecule has 0 amide bonds. The number of hydrogen-bond acceptors (Lipinski definition) is 2. The normalized spacial score (nSPS) is 11.0. The Kier molecular flexibility index (Phi) is 4.50. The predicted octanol–water partition coefficient (Wildman–Crippen LogP) is 5.16. The van der Waals surface area contributed by atoms with E-state index < -0.39 is 0 Å². The number of hydrogen-bond donors (Lipinski definition) is 0. The second-order valence-corrected chi connectivity index (χ2v) is 6.21. The molecule has 0 aliphatic heterocycles. The Labute approximate surface area is 130 Å². The number of benzene rings is 1. The van der Waals surface area contributed by atoms with E-state index in [9.17, 15) is 0 Å². The summed E-state index contributed by atoms with van der Waals surface area (Å²) in [5.74, 6) is 0.640. The molecule has 2 aromatic rings. The molecule has 1 heterocycles. The lowest BCUT2D eigenvalue weighted by Crippen LogP contribution is -2.11. The predicted molar refractivity (Wildman–Crippen MR) is 85.0 cm³/mol. The Bertz CT molecular complexity index is 667. The maximum Gasteiger partial charge on any atom is 0.205 e. The molecule has 0 aliphatic carbocycles. The molecule has 0 atom stereocenters. The van der Waals surface area contributed by atoms with Crippen LogP contribution in [0.4, 0.5) is 5.69 Å². The van der Waals surface area contributed by atoms with Gasteiger partial charge in [-0.15, -0.1) is 0 Å². The van der Waals surface area contributed by atoms with Crippen LogP contribution < -0.4 is 4.74 Å². The van der Waals surface area contributed by atoms with Crippen molar-refractivity contribution in [2.75, 3.05) is 0 Å². The van der Waals surface area contributed by atoms with Gasteiger partial charge in [-0.3, -0.25) is 4.98 Å². The van der Waals surface area contributed by atoms with Gasteiger partial charge in [-0.05, 0) is 29.2 Å². The number of rotatable bonds is 3. The molecule has 0 saturated heterocycles. The van der Waals surface area contributed by atoms with Crippen LogP contribution in [0, 0.1) is 6.57 Å². The zero-order chi connectivity index (χ0) is 15.5. The quantitative estimate of drug-likeness (QED) is 0.732. The minimum absolute atomic E-state index is 0.0549. The van der Waals surface area contributed by atoms with Crippen molar-refractivity contribution >= 4 is 17.3 Å². The minimum Gasteiger partial charge on any atom is -0.486 e. The van der Waals surface area contributed by atoms with E-state index in [0.717, 1.165) is 5.69 Å². The summed E-state index contributed by atoms with van der Waals surface area (Å²) in [6, 6.07) is 9.35. The molecule has 0 N–H and O–H groups in total. The Balaban J connectivity index is 2.08. The largest absolute Gasteiger partial charge is 0.486 e. The van der Waals surface area contributed by atoms with E-state index in [1.165, 1.54) is 11.8 Å². The van der Waals surface area contributed by atoms with Gasteiger partial charge in [0.2, 0.25) is 5.69 Å². The van der Waals surface area contributed by atoms with Crippen LogP contribution in [0.5, 0.6) is 5.75 Å². The lowest BCUT2D eigenvalue weighted by atomic mass is 9.87. The number of halogens is 1. The van der Waals surface area contributed by atoms with Crippen molar-refractivity contribution < 1.29 is 4.74 Å². The van der Waals surface area contributed by atoms with Gasteiger partial charge in [0.05, 0.1) is 17.3 Å². The summed E-state index contributed by atoms with van der Waals surface area (Å²) in [5, 5.41) is 0.597. The second-order valence-electron chi connectivity index (χ2n) is 5.80. The molecule has 1 aromatic heterocycles. The third-order valence-electron chi connectivity index (χ3n) is 3.11. The Morgan fingerprint density at radius 3 is 2.52 bits per heavy atom. The van der Waals surface area contributed by atoms with Gasteiger partial charge >= 0.3 is 0 Å². The summed E-state index contributed by atoms with van der Waals surface area (Å²) < 4.78 is 5.69. The van der Waals surface area contributed by atoms with Gasteiger partial charge in [-0.1, -0.05) is 44.5 Å². The van der Waals surface area contributed by atoms with Crippen LogP contribution in [0.3, 0.4) is 0 Å².